The maximum absolute atomic E-state index is 10.8. The predicted molar refractivity (Wildman–Crippen MR) is 186 cm³/mol. The fraction of sp³-hybridized carbons (Fsp3) is 0.158. The lowest BCUT2D eigenvalue weighted by Gasteiger charge is -2.16. The second kappa shape index (κ2) is 14.5. The van der Waals surface area contributed by atoms with Gasteiger partial charge in [-0.05, 0) is 90.4 Å². The van der Waals surface area contributed by atoms with E-state index in [1.165, 1.54) is 0 Å². The molecule has 0 saturated heterocycles. The number of aliphatic carboxylic acids is 2. The first-order chi connectivity index (χ1) is 24.4. The number of aromatic nitrogens is 1. The van der Waals surface area contributed by atoms with E-state index in [-0.39, 0.29) is 19.6 Å². The molecule has 252 valence electrons. The maximum atomic E-state index is 10.8. The molecule has 1 unspecified atom stereocenters. The second-order valence-electron chi connectivity index (χ2n) is 11.6. The number of nitrogens with zero attached hydrogens (tertiary/aromatic N) is 2. The molecule has 12 nitrogen and oxygen atoms in total. The average molecular weight is 673 g/mol. The van der Waals surface area contributed by atoms with Crippen LogP contribution in [0.15, 0.2) is 124 Å². The van der Waals surface area contributed by atoms with Crippen LogP contribution in [0.5, 0.6) is 11.5 Å². The van der Waals surface area contributed by atoms with Crippen molar-refractivity contribution in [3.63, 3.8) is 0 Å². The lowest BCUT2D eigenvalue weighted by atomic mass is 10.00. The predicted octanol–water partition coefficient (Wildman–Crippen LogP) is 3.45. The normalized spacial score (nSPS) is 20.0. The van der Waals surface area contributed by atoms with E-state index in [1.807, 2.05) is 78.9 Å². The number of carboxylic acids is 2. The van der Waals surface area contributed by atoms with Crippen LogP contribution in [0.3, 0.4) is 0 Å². The molecule has 2 aromatic carbocycles. The number of aromatic amines is 1. The summed E-state index contributed by atoms with van der Waals surface area (Å²) < 4.78 is 21.5. The van der Waals surface area contributed by atoms with Crippen molar-refractivity contribution in [2.45, 2.75) is 12.5 Å². The molecule has 4 aliphatic heterocycles. The molecule has 50 heavy (non-hydrogen) atoms. The molecule has 0 amide bonds. The number of nitrogens with one attached hydrogen (secondary N) is 2. The Bertz CT molecular complexity index is 2200. The van der Waals surface area contributed by atoms with Gasteiger partial charge in [-0.1, -0.05) is 30.3 Å². The number of hydrogen-bond donors (Lipinski definition) is 4. The number of carbonyl (C=O) groups is 2. The van der Waals surface area contributed by atoms with Gasteiger partial charge in [0.2, 0.25) is 0 Å². The van der Waals surface area contributed by atoms with Crippen molar-refractivity contribution in [2.24, 2.45) is 9.98 Å². The molecule has 1 aromatic heterocycles. The highest BCUT2D eigenvalue weighted by Crippen LogP contribution is 2.34. The first-order valence-electron chi connectivity index (χ1n) is 15.8. The summed E-state index contributed by atoms with van der Waals surface area (Å²) in [4.78, 5) is 35.2. The second-order valence-corrected chi connectivity index (χ2v) is 11.6. The third-order valence-electron chi connectivity index (χ3n) is 7.99. The number of ether oxygens (including phenoxy) is 4. The molecule has 4 aliphatic rings. The quantitative estimate of drug-likeness (QED) is 0.167. The van der Waals surface area contributed by atoms with Crippen LogP contribution in [0.4, 0.5) is 0 Å². The number of rotatable bonds is 12. The van der Waals surface area contributed by atoms with Gasteiger partial charge in [-0.15, -0.1) is 0 Å². The van der Waals surface area contributed by atoms with Gasteiger partial charge < -0.3 is 39.5 Å². The number of allylic oxidation sites excluding steroid dienone is 5. The number of benzene rings is 2. The van der Waals surface area contributed by atoms with E-state index >= 15 is 0 Å². The van der Waals surface area contributed by atoms with Gasteiger partial charge in [0, 0.05) is 27.5 Å². The van der Waals surface area contributed by atoms with Gasteiger partial charge in [0.1, 0.15) is 24.7 Å². The maximum Gasteiger partial charge on any atom is 0.329 e. The van der Waals surface area contributed by atoms with Crippen LogP contribution in [-0.4, -0.2) is 71.4 Å². The molecule has 3 aromatic rings. The van der Waals surface area contributed by atoms with Crippen LogP contribution in [0.25, 0.3) is 17.2 Å². The van der Waals surface area contributed by atoms with Crippen LogP contribution in [0.1, 0.15) is 17.5 Å². The Kier molecular flexibility index (Phi) is 9.36. The van der Waals surface area contributed by atoms with E-state index < -0.39 is 25.2 Å². The van der Waals surface area contributed by atoms with Crippen molar-refractivity contribution in [1.82, 2.24) is 10.3 Å². The number of aliphatic imine (C=N–C) groups is 2. The number of fused-ring (bicyclic) bond motifs is 6. The minimum absolute atomic E-state index is 0.0245. The Balaban J connectivity index is 1.27. The van der Waals surface area contributed by atoms with Gasteiger partial charge >= 0.3 is 11.9 Å². The third kappa shape index (κ3) is 7.57. The standard InChI is InChI=1S/C38H32N4O8/c43-35(44)19-47-21-49-29-5-1-3-23(15-29)37-31-11-7-25(39-31)17-27-9-13-33(41-27)38(24-4-2-6-30(16-24)50-22-48-20-36(45)46)34-14-10-28(42-34)18-26-8-12-32(37)40-26/h1-9,11-18,28,39,42H,10,19-22H2,(H,43,44)(H,45,46)/b25-17?,26-18?,37-31-,38-33-. The monoisotopic (exact) mass is 672 g/mol. The van der Waals surface area contributed by atoms with E-state index in [9.17, 15) is 9.59 Å². The summed E-state index contributed by atoms with van der Waals surface area (Å²) in [7, 11) is 0. The number of hydrogen-bond acceptors (Lipinski definition) is 9. The molecule has 4 N–H and O–H groups in total. The van der Waals surface area contributed by atoms with Crippen LogP contribution in [-0.2, 0) is 19.1 Å². The van der Waals surface area contributed by atoms with Crippen LogP contribution in [0, 0.1) is 0 Å². The zero-order chi connectivity index (χ0) is 34.5. The summed E-state index contributed by atoms with van der Waals surface area (Å²) in [5.74, 6) is -1.06. The van der Waals surface area contributed by atoms with Crippen molar-refractivity contribution in [3.8, 4) is 11.5 Å². The third-order valence-corrected chi connectivity index (χ3v) is 7.99. The highest BCUT2D eigenvalue weighted by Gasteiger charge is 2.24. The molecule has 1 atom stereocenters. The summed E-state index contributed by atoms with van der Waals surface area (Å²) in [5.41, 5.74) is 7.56. The summed E-state index contributed by atoms with van der Waals surface area (Å²) in [6, 6.07) is 19.0. The lowest BCUT2D eigenvalue weighted by molar-refractivity contribution is -0.145. The Hall–Kier alpha value is -6.24. The van der Waals surface area contributed by atoms with Crippen LogP contribution >= 0.6 is 0 Å². The van der Waals surface area contributed by atoms with E-state index in [0.29, 0.717) is 11.5 Å². The largest absolute Gasteiger partial charge is 0.480 e. The van der Waals surface area contributed by atoms with Gasteiger partial charge in [0.25, 0.3) is 0 Å². The summed E-state index contributed by atoms with van der Waals surface area (Å²) in [5, 5.41) is 23.0. The lowest BCUT2D eigenvalue weighted by Crippen LogP contribution is -2.21. The summed E-state index contributed by atoms with van der Waals surface area (Å²) >= 11 is 0. The Morgan fingerprint density at radius 2 is 1.50 bits per heavy atom. The van der Waals surface area contributed by atoms with Gasteiger partial charge in [0.15, 0.2) is 13.6 Å². The minimum Gasteiger partial charge on any atom is -0.480 e. The Labute approximate surface area is 286 Å². The molecule has 0 radical (unpaired) electrons. The van der Waals surface area contributed by atoms with Gasteiger partial charge in [-0.3, -0.25) is 0 Å². The van der Waals surface area contributed by atoms with Gasteiger partial charge in [0.05, 0.1) is 28.9 Å². The summed E-state index contributed by atoms with van der Waals surface area (Å²) in [6.45, 7) is -1.27. The van der Waals surface area contributed by atoms with E-state index in [2.05, 4.69) is 22.5 Å². The Morgan fingerprint density at radius 3 is 2.20 bits per heavy atom. The molecule has 12 heteroatoms. The molecule has 0 saturated carbocycles. The zero-order valence-corrected chi connectivity index (χ0v) is 26.7. The highest BCUT2D eigenvalue weighted by molar-refractivity contribution is 6.30. The fourth-order valence-electron chi connectivity index (χ4n) is 5.90. The number of H-pyrrole nitrogens is 1. The van der Waals surface area contributed by atoms with E-state index in [0.717, 1.165) is 67.9 Å². The molecule has 0 fully saturated rings. The Morgan fingerprint density at radius 1 is 0.800 bits per heavy atom. The first-order valence-corrected chi connectivity index (χ1v) is 15.8. The van der Waals surface area contributed by atoms with Crippen molar-refractivity contribution in [1.29, 1.82) is 0 Å². The van der Waals surface area contributed by atoms with Crippen LogP contribution < -0.4 is 25.5 Å². The molecule has 5 heterocycles. The minimum atomic E-state index is -1.07. The summed E-state index contributed by atoms with van der Waals surface area (Å²) in [6.07, 6.45) is 14.9. The topological polar surface area (TPSA) is 164 Å². The molecule has 8 bridgehead atoms. The molecule has 0 spiro atoms. The molecule has 7 rings (SSSR count). The smallest absolute Gasteiger partial charge is 0.329 e. The van der Waals surface area contributed by atoms with Crippen molar-refractivity contribution < 1.29 is 38.7 Å². The van der Waals surface area contributed by atoms with Crippen molar-refractivity contribution in [2.75, 3.05) is 26.8 Å². The SMILES string of the molecule is O=C(O)COCOc1cccc(/C2=C3\C=CC(=N3)C=c3cc/c([nH]3)=C(\c3cccc(OCOCC(=O)O)c3)C3=NC(=CC4CC=C2N4)C=C3)c1. The van der Waals surface area contributed by atoms with Gasteiger partial charge in [-0.25, -0.2) is 19.6 Å². The molecular weight excluding hydrogens is 640 g/mol. The van der Waals surface area contributed by atoms with Crippen molar-refractivity contribution in [3.05, 3.63) is 136 Å². The molecule has 0 aliphatic carbocycles. The number of carboxylic acid groups (broad SMARTS) is 2. The van der Waals surface area contributed by atoms with Gasteiger partial charge in [-0.2, -0.15) is 0 Å². The van der Waals surface area contributed by atoms with Crippen LogP contribution in [0.2, 0.25) is 0 Å². The van der Waals surface area contributed by atoms with E-state index in [1.54, 1.807) is 12.1 Å². The fourth-order valence-corrected chi connectivity index (χ4v) is 5.90. The molecular formula is C38H32N4O8. The van der Waals surface area contributed by atoms with Crippen molar-refractivity contribution >= 4 is 40.6 Å². The highest BCUT2D eigenvalue weighted by atomic mass is 16.7. The first kappa shape index (κ1) is 32.3. The zero-order valence-electron chi connectivity index (χ0n) is 26.7. The van der Waals surface area contributed by atoms with E-state index in [4.69, 9.17) is 39.1 Å². The average Bonchev–Trinajstić information content (AvgIpc) is 3.93.